The first-order valence-electron chi connectivity index (χ1n) is 4.74. The Hall–Kier alpha value is -1.19. The molecule has 0 atom stereocenters. The molecule has 0 saturated carbocycles. The SMILES string of the molecule is Cc1ccccc1.Nc1ccc(F)[c-]c1F.[Ti]. The minimum absolute atomic E-state index is 0. The van der Waals surface area contributed by atoms with Gasteiger partial charge < -0.3 is 5.73 Å². The van der Waals surface area contributed by atoms with E-state index in [1.807, 2.05) is 18.2 Å². The van der Waals surface area contributed by atoms with Crippen molar-refractivity contribution in [1.29, 1.82) is 0 Å². The maximum absolute atomic E-state index is 12.2. The maximum atomic E-state index is 12.2. The molecular formula is C13H12F2NTi-. The van der Waals surface area contributed by atoms with Gasteiger partial charge in [-0.2, -0.15) is 0 Å². The van der Waals surface area contributed by atoms with Gasteiger partial charge in [0.1, 0.15) is 0 Å². The van der Waals surface area contributed by atoms with E-state index in [2.05, 4.69) is 19.1 Å². The van der Waals surface area contributed by atoms with Crippen molar-refractivity contribution in [3.63, 3.8) is 0 Å². The van der Waals surface area contributed by atoms with Crippen molar-refractivity contribution in [1.82, 2.24) is 0 Å². The van der Waals surface area contributed by atoms with Crippen molar-refractivity contribution in [3.8, 4) is 0 Å². The third-order valence-corrected chi connectivity index (χ3v) is 1.83. The second-order valence-corrected chi connectivity index (χ2v) is 3.23. The van der Waals surface area contributed by atoms with Crippen molar-refractivity contribution < 1.29 is 30.5 Å². The van der Waals surface area contributed by atoms with Crippen LogP contribution in [0.4, 0.5) is 14.5 Å². The molecule has 0 saturated heterocycles. The zero-order valence-corrected chi connectivity index (χ0v) is 10.9. The van der Waals surface area contributed by atoms with E-state index < -0.39 is 11.6 Å². The summed E-state index contributed by atoms with van der Waals surface area (Å²) in [5.74, 6) is -1.57. The zero-order chi connectivity index (χ0) is 12.0. The number of hydrogen-bond donors (Lipinski definition) is 1. The second-order valence-electron chi connectivity index (χ2n) is 3.23. The molecule has 0 aromatic heterocycles. The fraction of sp³-hybridized carbons (Fsp3) is 0.0769. The van der Waals surface area contributed by atoms with Gasteiger partial charge >= 0.3 is 0 Å². The van der Waals surface area contributed by atoms with Crippen LogP contribution in [-0.2, 0) is 21.7 Å². The summed E-state index contributed by atoms with van der Waals surface area (Å²) < 4.78 is 24.2. The summed E-state index contributed by atoms with van der Waals surface area (Å²) in [5, 5.41) is 0. The van der Waals surface area contributed by atoms with E-state index in [0.29, 0.717) is 0 Å². The van der Waals surface area contributed by atoms with Gasteiger partial charge in [-0.05, 0) is 12.6 Å². The number of hydrogen-bond acceptors (Lipinski definition) is 1. The van der Waals surface area contributed by atoms with Crippen LogP contribution in [-0.4, -0.2) is 0 Å². The summed E-state index contributed by atoms with van der Waals surface area (Å²) in [6, 6.07) is 14.2. The normalized spacial score (nSPS) is 8.65. The van der Waals surface area contributed by atoms with Crippen LogP contribution in [0, 0.1) is 24.6 Å². The minimum Gasteiger partial charge on any atom is -0.447 e. The molecule has 0 spiro atoms. The topological polar surface area (TPSA) is 26.0 Å². The molecule has 0 unspecified atom stereocenters. The van der Waals surface area contributed by atoms with Gasteiger partial charge in [0.05, 0.1) is 0 Å². The number of aryl methyl sites for hydroxylation is 1. The molecule has 17 heavy (non-hydrogen) atoms. The monoisotopic (exact) mass is 268 g/mol. The first kappa shape index (κ1) is 15.8. The van der Waals surface area contributed by atoms with Gasteiger partial charge in [-0.15, -0.1) is 18.2 Å². The molecule has 0 aliphatic rings. The largest absolute Gasteiger partial charge is 0.447 e. The maximum Gasteiger partial charge on any atom is 0.0357 e. The number of nitrogens with two attached hydrogens (primary N) is 1. The van der Waals surface area contributed by atoms with Crippen LogP contribution in [0.3, 0.4) is 0 Å². The average Bonchev–Trinajstić information content (AvgIpc) is 2.26. The molecule has 0 aliphatic carbocycles. The average molecular weight is 268 g/mol. The van der Waals surface area contributed by atoms with Crippen LogP contribution in [0.5, 0.6) is 0 Å². The molecule has 0 heterocycles. The number of halogens is 2. The first-order chi connectivity index (χ1) is 7.59. The molecule has 2 aromatic carbocycles. The fourth-order valence-electron chi connectivity index (χ4n) is 0.989. The summed E-state index contributed by atoms with van der Waals surface area (Å²) in [6.07, 6.45) is 0. The van der Waals surface area contributed by atoms with Crippen molar-refractivity contribution in [2.24, 2.45) is 0 Å². The van der Waals surface area contributed by atoms with Gasteiger partial charge in [0.15, 0.2) is 0 Å². The number of benzene rings is 2. The summed E-state index contributed by atoms with van der Waals surface area (Å²) in [7, 11) is 0. The van der Waals surface area contributed by atoms with Gasteiger partial charge in [-0.25, -0.2) is 8.78 Å². The first-order valence-corrected chi connectivity index (χ1v) is 4.74. The molecule has 2 rings (SSSR count). The smallest absolute Gasteiger partial charge is 0.0357 e. The van der Waals surface area contributed by atoms with Crippen LogP contribution >= 0.6 is 0 Å². The molecule has 0 amide bonds. The number of rotatable bonds is 0. The molecule has 88 valence electrons. The van der Waals surface area contributed by atoms with Gasteiger partial charge in [-0.1, -0.05) is 35.9 Å². The van der Waals surface area contributed by atoms with Crippen LogP contribution in [0.15, 0.2) is 42.5 Å². The Kier molecular flexibility index (Phi) is 7.43. The molecule has 4 heteroatoms. The molecular weight excluding hydrogens is 256 g/mol. The molecule has 0 radical (unpaired) electrons. The number of nitrogen functional groups attached to an aromatic ring is 1. The Morgan fingerprint density at radius 2 is 1.59 bits per heavy atom. The zero-order valence-electron chi connectivity index (χ0n) is 9.37. The van der Waals surface area contributed by atoms with Crippen molar-refractivity contribution in [2.45, 2.75) is 6.92 Å². The van der Waals surface area contributed by atoms with E-state index in [9.17, 15) is 8.78 Å². The van der Waals surface area contributed by atoms with Crippen molar-refractivity contribution >= 4 is 5.69 Å². The Morgan fingerprint density at radius 3 is 1.94 bits per heavy atom. The van der Waals surface area contributed by atoms with Gasteiger partial charge in [0.25, 0.3) is 0 Å². The second kappa shape index (κ2) is 7.99. The van der Waals surface area contributed by atoms with Gasteiger partial charge in [0.2, 0.25) is 0 Å². The molecule has 0 bridgehead atoms. The minimum atomic E-state index is -0.838. The predicted octanol–water partition coefficient (Wildman–Crippen LogP) is 3.34. The predicted molar refractivity (Wildman–Crippen MR) is 60.8 cm³/mol. The summed E-state index contributed by atoms with van der Waals surface area (Å²) in [5.41, 5.74) is 6.25. The summed E-state index contributed by atoms with van der Waals surface area (Å²) in [6.45, 7) is 2.08. The summed E-state index contributed by atoms with van der Waals surface area (Å²) in [4.78, 5) is 0. The Balaban J connectivity index is 0.000000292. The van der Waals surface area contributed by atoms with Crippen LogP contribution in [0.25, 0.3) is 0 Å². The third-order valence-electron chi connectivity index (χ3n) is 1.83. The van der Waals surface area contributed by atoms with Gasteiger partial charge in [0, 0.05) is 33.4 Å². The van der Waals surface area contributed by atoms with E-state index in [-0.39, 0.29) is 27.4 Å². The van der Waals surface area contributed by atoms with Crippen LogP contribution in [0.2, 0.25) is 0 Å². The number of anilines is 1. The Morgan fingerprint density at radius 1 is 1.00 bits per heavy atom. The Labute approximate surface area is 115 Å². The van der Waals surface area contributed by atoms with E-state index >= 15 is 0 Å². The molecule has 0 fully saturated rings. The standard InChI is InChI=1S/C7H8.C6H4F2N.Ti/c1-7-5-3-2-4-6-7;7-4-1-2-6(9)5(8)3-4;/h2-6H,1H3;1-2H,9H2;/q;-1;. The Bertz CT molecular complexity index is 446. The summed E-state index contributed by atoms with van der Waals surface area (Å²) >= 11 is 0. The van der Waals surface area contributed by atoms with Crippen LogP contribution < -0.4 is 5.73 Å². The van der Waals surface area contributed by atoms with Gasteiger partial charge in [-0.3, -0.25) is 0 Å². The van der Waals surface area contributed by atoms with E-state index in [4.69, 9.17) is 5.73 Å². The molecule has 0 aliphatic heterocycles. The fourth-order valence-corrected chi connectivity index (χ4v) is 0.989. The van der Waals surface area contributed by atoms with Crippen LogP contribution in [0.1, 0.15) is 5.56 Å². The van der Waals surface area contributed by atoms with E-state index in [1.54, 1.807) is 6.07 Å². The molecule has 2 aromatic rings. The van der Waals surface area contributed by atoms with Crippen molar-refractivity contribution in [2.75, 3.05) is 5.73 Å². The van der Waals surface area contributed by atoms with E-state index in [0.717, 1.165) is 12.1 Å². The van der Waals surface area contributed by atoms with E-state index in [1.165, 1.54) is 5.56 Å². The molecule has 1 nitrogen and oxygen atoms in total. The quantitative estimate of drug-likeness (QED) is 0.442. The third kappa shape index (κ3) is 6.20. The van der Waals surface area contributed by atoms with Crippen molar-refractivity contribution in [3.05, 3.63) is 65.7 Å². The molecule has 2 N–H and O–H groups in total.